The molecular weight excluding hydrogens is 442 g/mol. The fourth-order valence-electron chi connectivity index (χ4n) is 3.84. The number of pyridine rings is 1. The van der Waals surface area contributed by atoms with E-state index in [4.69, 9.17) is 29.9 Å². The summed E-state index contributed by atoms with van der Waals surface area (Å²) in [6.45, 7) is 11.5. The summed E-state index contributed by atoms with van der Waals surface area (Å²) in [5, 5.41) is 4.38. The average molecular weight is 480 g/mol. The SMILES string of the molecule is CCC(C)(C)c1cc(N)cc(C(C)Nc2nc(C)nc3cc(OC)c(OCCOC4CC4)cc23)n1. The second-order valence-corrected chi connectivity index (χ2v) is 9.87. The van der Waals surface area contributed by atoms with Crippen LogP contribution in [0.15, 0.2) is 24.3 Å². The Morgan fingerprint density at radius 3 is 2.54 bits per heavy atom. The van der Waals surface area contributed by atoms with Gasteiger partial charge in [-0.1, -0.05) is 20.8 Å². The molecule has 3 N–H and O–H groups in total. The van der Waals surface area contributed by atoms with Gasteiger partial charge < -0.3 is 25.3 Å². The highest BCUT2D eigenvalue weighted by Crippen LogP contribution is 2.36. The van der Waals surface area contributed by atoms with Crippen LogP contribution >= 0.6 is 0 Å². The number of benzene rings is 1. The lowest BCUT2D eigenvalue weighted by molar-refractivity contribution is 0.0872. The first-order chi connectivity index (χ1) is 16.7. The smallest absolute Gasteiger partial charge is 0.162 e. The van der Waals surface area contributed by atoms with Crippen molar-refractivity contribution in [2.75, 3.05) is 31.4 Å². The van der Waals surface area contributed by atoms with E-state index < -0.39 is 0 Å². The molecule has 0 amide bonds. The monoisotopic (exact) mass is 479 g/mol. The van der Waals surface area contributed by atoms with E-state index in [0.29, 0.717) is 48.1 Å². The number of aromatic nitrogens is 3. The molecule has 0 saturated heterocycles. The molecule has 3 aromatic rings. The minimum absolute atomic E-state index is 0.0614. The number of nitrogen functional groups attached to an aromatic ring is 1. The summed E-state index contributed by atoms with van der Waals surface area (Å²) in [4.78, 5) is 14.3. The highest BCUT2D eigenvalue weighted by molar-refractivity contribution is 5.92. The van der Waals surface area contributed by atoms with Gasteiger partial charge in [-0.2, -0.15) is 0 Å². The van der Waals surface area contributed by atoms with Crippen molar-refractivity contribution in [3.63, 3.8) is 0 Å². The first-order valence-electron chi connectivity index (χ1n) is 12.4. The third-order valence-electron chi connectivity index (χ3n) is 6.55. The summed E-state index contributed by atoms with van der Waals surface area (Å²) in [6.07, 6.45) is 3.65. The van der Waals surface area contributed by atoms with Crippen molar-refractivity contribution < 1.29 is 14.2 Å². The number of anilines is 2. The molecule has 0 spiro atoms. The van der Waals surface area contributed by atoms with E-state index in [2.05, 4.69) is 38.0 Å². The van der Waals surface area contributed by atoms with Crippen molar-refractivity contribution in [1.82, 2.24) is 15.0 Å². The Morgan fingerprint density at radius 2 is 1.86 bits per heavy atom. The van der Waals surface area contributed by atoms with E-state index in [-0.39, 0.29) is 11.5 Å². The topological polar surface area (TPSA) is 104 Å². The Labute approximate surface area is 207 Å². The molecule has 1 fully saturated rings. The number of rotatable bonds is 11. The molecule has 188 valence electrons. The highest BCUT2D eigenvalue weighted by Gasteiger charge is 2.23. The minimum atomic E-state index is -0.124. The van der Waals surface area contributed by atoms with Crippen LogP contribution in [0.2, 0.25) is 0 Å². The molecule has 4 rings (SSSR count). The van der Waals surface area contributed by atoms with Gasteiger partial charge in [0.05, 0.1) is 37.1 Å². The van der Waals surface area contributed by atoms with Crippen LogP contribution in [-0.2, 0) is 10.2 Å². The number of nitrogens with two attached hydrogens (primary N) is 1. The lowest BCUT2D eigenvalue weighted by Gasteiger charge is -2.25. The molecule has 1 unspecified atom stereocenters. The van der Waals surface area contributed by atoms with Crippen molar-refractivity contribution in [2.45, 2.75) is 71.4 Å². The maximum Gasteiger partial charge on any atom is 0.162 e. The van der Waals surface area contributed by atoms with Gasteiger partial charge in [0.15, 0.2) is 11.5 Å². The molecule has 1 atom stereocenters. The van der Waals surface area contributed by atoms with Crippen molar-refractivity contribution in [3.05, 3.63) is 41.5 Å². The van der Waals surface area contributed by atoms with Crippen molar-refractivity contribution in [1.29, 1.82) is 0 Å². The van der Waals surface area contributed by atoms with Crippen molar-refractivity contribution in [2.24, 2.45) is 0 Å². The van der Waals surface area contributed by atoms with Gasteiger partial charge >= 0.3 is 0 Å². The third kappa shape index (κ3) is 5.93. The molecule has 0 radical (unpaired) electrons. The van der Waals surface area contributed by atoms with E-state index in [1.165, 1.54) is 0 Å². The molecule has 8 heteroatoms. The summed E-state index contributed by atoms with van der Waals surface area (Å²) >= 11 is 0. The third-order valence-corrected chi connectivity index (χ3v) is 6.55. The zero-order valence-electron chi connectivity index (χ0n) is 21.6. The molecule has 2 aromatic heterocycles. The molecule has 0 bridgehead atoms. The van der Waals surface area contributed by atoms with Crippen LogP contribution < -0.4 is 20.5 Å². The fourth-order valence-corrected chi connectivity index (χ4v) is 3.84. The molecule has 1 aliphatic carbocycles. The van der Waals surface area contributed by atoms with Crippen LogP contribution in [0.5, 0.6) is 11.5 Å². The van der Waals surface area contributed by atoms with E-state index in [9.17, 15) is 0 Å². The highest BCUT2D eigenvalue weighted by atomic mass is 16.5. The Morgan fingerprint density at radius 1 is 1.09 bits per heavy atom. The second-order valence-electron chi connectivity index (χ2n) is 9.87. The number of nitrogens with zero attached hydrogens (tertiary/aromatic N) is 3. The number of aryl methyl sites for hydroxylation is 1. The number of methoxy groups -OCH3 is 1. The zero-order valence-corrected chi connectivity index (χ0v) is 21.6. The average Bonchev–Trinajstić information content (AvgIpc) is 3.65. The van der Waals surface area contributed by atoms with Crippen LogP contribution in [0.4, 0.5) is 11.5 Å². The van der Waals surface area contributed by atoms with Gasteiger partial charge in [-0.05, 0) is 51.3 Å². The lowest BCUT2D eigenvalue weighted by atomic mass is 9.85. The largest absolute Gasteiger partial charge is 0.493 e. The van der Waals surface area contributed by atoms with Gasteiger partial charge in [0.2, 0.25) is 0 Å². The predicted octanol–water partition coefficient (Wildman–Crippen LogP) is 5.34. The molecule has 1 aromatic carbocycles. The second kappa shape index (κ2) is 10.2. The number of hydrogen-bond acceptors (Lipinski definition) is 8. The Kier molecular flexibility index (Phi) is 7.31. The minimum Gasteiger partial charge on any atom is -0.493 e. The molecular formula is C27H37N5O3. The van der Waals surface area contributed by atoms with E-state index >= 15 is 0 Å². The maximum absolute atomic E-state index is 6.25. The summed E-state index contributed by atoms with van der Waals surface area (Å²) in [5.41, 5.74) is 9.53. The first kappa shape index (κ1) is 25.0. The van der Waals surface area contributed by atoms with E-state index in [1.54, 1.807) is 7.11 Å². The van der Waals surface area contributed by atoms with Crippen LogP contribution in [0.25, 0.3) is 10.9 Å². The maximum atomic E-state index is 6.25. The molecule has 1 saturated carbocycles. The van der Waals surface area contributed by atoms with Gasteiger partial charge in [-0.3, -0.25) is 4.98 Å². The van der Waals surface area contributed by atoms with Crippen LogP contribution in [-0.4, -0.2) is 41.4 Å². The quantitative estimate of drug-likeness (QED) is 0.355. The van der Waals surface area contributed by atoms with E-state index in [0.717, 1.165) is 41.6 Å². The lowest BCUT2D eigenvalue weighted by Crippen LogP contribution is -2.20. The van der Waals surface area contributed by atoms with E-state index in [1.807, 2.05) is 31.2 Å². The first-order valence-corrected chi connectivity index (χ1v) is 12.4. The normalized spacial score (nSPS) is 14.7. The molecule has 35 heavy (non-hydrogen) atoms. The van der Waals surface area contributed by atoms with Gasteiger partial charge in [0.1, 0.15) is 18.2 Å². The Bertz CT molecular complexity index is 1190. The van der Waals surface area contributed by atoms with Gasteiger partial charge in [-0.15, -0.1) is 0 Å². The zero-order chi connectivity index (χ0) is 25.2. The van der Waals surface area contributed by atoms with Gasteiger partial charge in [0, 0.05) is 28.2 Å². The number of nitrogens with one attached hydrogen (secondary N) is 1. The molecule has 8 nitrogen and oxygen atoms in total. The van der Waals surface area contributed by atoms with Gasteiger partial charge in [0.25, 0.3) is 0 Å². The molecule has 2 heterocycles. The molecule has 1 aliphatic rings. The summed E-state index contributed by atoms with van der Waals surface area (Å²) < 4.78 is 17.3. The molecule has 0 aliphatic heterocycles. The summed E-state index contributed by atoms with van der Waals surface area (Å²) in [7, 11) is 1.63. The summed E-state index contributed by atoms with van der Waals surface area (Å²) in [6, 6.07) is 7.57. The number of ether oxygens (including phenoxy) is 3. The number of hydrogen-bond donors (Lipinski definition) is 2. The van der Waals surface area contributed by atoms with Crippen LogP contribution in [0.3, 0.4) is 0 Å². The summed E-state index contributed by atoms with van der Waals surface area (Å²) in [5.74, 6) is 2.64. The predicted molar refractivity (Wildman–Crippen MR) is 139 cm³/mol. The van der Waals surface area contributed by atoms with Crippen LogP contribution in [0, 0.1) is 6.92 Å². The van der Waals surface area contributed by atoms with Crippen molar-refractivity contribution in [3.8, 4) is 11.5 Å². The Balaban J connectivity index is 1.63. The standard InChI is InChI=1S/C27H37N5O3/c1-7-27(4,5)25-13-18(28)12-21(32-25)16(2)29-26-20-14-24(35-11-10-34-19-8-9-19)23(33-6)15-22(20)30-17(3)31-26/h12-16,19H,7-11H2,1-6H3,(H2,28,32)(H,29,30,31). The van der Waals surface area contributed by atoms with Gasteiger partial charge in [-0.25, -0.2) is 9.97 Å². The van der Waals surface area contributed by atoms with Crippen LogP contribution in [0.1, 0.15) is 70.2 Å². The van der Waals surface area contributed by atoms with Crippen molar-refractivity contribution >= 4 is 22.4 Å². The number of fused-ring (bicyclic) bond motifs is 1. The Hall–Kier alpha value is -3.13. The fraction of sp³-hybridized carbons (Fsp3) is 0.519.